The lowest BCUT2D eigenvalue weighted by molar-refractivity contribution is -0.909. The van der Waals surface area contributed by atoms with Crippen LogP contribution in [-0.2, 0) is 6.54 Å². The highest BCUT2D eigenvalue weighted by Crippen LogP contribution is 2.42. The van der Waals surface area contributed by atoms with Crippen LogP contribution in [0.15, 0.2) is 72.8 Å². The summed E-state index contributed by atoms with van der Waals surface area (Å²) in [7, 11) is 0. The van der Waals surface area contributed by atoms with Crippen molar-refractivity contribution in [2.24, 2.45) is 5.92 Å². The largest absolute Gasteiger partial charge is 0.385 e. The molecule has 1 aliphatic heterocycles. The summed E-state index contributed by atoms with van der Waals surface area (Å²) in [5.74, 6) is 0.818. The van der Waals surface area contributed by atoms with E-state index < -0.39 is 0 Å². The molecule has 0 spiro atoms. The van der Waals surface area contributed by atoms with Crippen molar-refractivity contribution < 1.29 is 10.0 Å². The number of nitrogens with one attached hydrogen (secondary N) is 1. The summed E-state index contributed by atoms with van der Waals surface area (Å²) in [5, 5.41) is 12.6. The van der Waals surface area contributed by atoms with Gasteiger partial charge in [-0.3, -0.25) is 0 Å². The maximum absolute atomic E-state index is 11.3. The second kappa shape index (κ2) is 9.77. The van der Waals surface area contributed by atoms with Gasteiger partial charge in [-0.1, -0.05) is 79.2 Å². The molecule has 0 amide bonds. The van der Waals surface area contributed by atoms with Crippen LogP contribution in [0.2, 0.25) is 0 Å². The second-order valence-corrected chi connectivity index (χ2v) is 10.3. The Labute approximate surface area is 203 Å². The molecule has 1 aliphatic rings. The van der Waals surface area contributed by atoms with Crippen molar-refractivity contribution in [3.8, 4) is 22.4 Å². The molecule has 3 nitrogen and oxygen atoms in total. The first-order valence-electron chi connectivity index (χ1n) is 12.8. The summed E-state index contributed by atoms with van der Waals surface area (Å²) in [4.78, 5) is 1.54. The molecule has 1 fully saturated rings. The molecule has 2 N–H and O–H groups in total. The van der Waals surface area contributed by atoms with E-state index in [2.05, 4.69) is 98.1 Å². The number of rotatable bonds is 6. The molecule has 176 valence electrons. The van der Waals surface area contributed by atoms with E-state index in [9.17, 15) is 5.11 Å². The number of aliphatic hydroxyl groups is 1. The van der Waals surface area contributed by atoms with Gasteiger partial charge in [0.15, 0.2) is 0 Å². The maximum atomic E-state index is 11.3. The zero-order valence-electron chi connectivity index (χ0n) is 20.7. The average molecular weight is 454 g/mol. The molecule has 0 saturated carbocycles. The van der Waals surface area contributed by atoms with Crippen molar-refractivity contribution in [3.63, 3.8) is 0 Å². The van der Waals surface area contributed by atoms with Gasteiger partial charge in [0, 0.05) is 10.9 Å². The fraction of sp³-hybridized carbons (Fsp3) is 0.355. The van der Waals surface area contributed by atoms with E-state index in [1.807, 2.05) is 0 Å². The smallest absolute Gasteiger partial charge is 0.121 e. The van der Waals surface area contributed by atoms with Gasteiger partial charge >= 0.3 is 0 Å². The topological polar surface area (TPSA) is 29.6 Å². The van der Waals surface area contributed by atoms with Gasteiger partial charge in [0.05, 0.1) is 30.8 Å². The van der Waals surface area contributed by atoms with E-state index in [0.29, 0.717) is 6.54 Å². The Balaban J connectivity index is 1.66. The SMILES string of the molecule is Cc1cc(C)c2c(c1)c(-c1ccccc1)c(-c1ccccc1)n2C[C@@H](O)C[NH+]1CCC(C)CC1. The van der Waals surface area contributed by atoms with Crippen LogP contribution < -0.4 is 4.90 Å². The van der Waals surface area contributed by atoms with Crippen molar-refractivity contribution >= 4 is 10.9 Å². The third-order valence-electron chi connectivity index (χ3n) is 7.50. The predicted molar refractivity (Wildman–Crippen MR) is 142 cm³/mol. The standard InChI is InChI=1S/C31H36N2O/c1-22-14-16-32(17-15-22)20-27(34)21-33-30-24(3)18-23(2)19-28(30)29(25-10-6-4-7-11-25)31(33)26-12-8-5-9-13-26/h4-13,18-19,22,27,34H,14-17,20-21H2,1-3H3/p+1/t27-/m0/s1. The average Bonchev–Trinajstić information content (AvgIpc) is 3.15. The van der Waals surface area contributed by atoms with Crippen LogP contribution in [0.3, 0.4) is 0 Å². The minimum Gasteiger partial charge on any atom is -0.385 e. The number of aliphatic hydroxyl groups excluding tert-OH is 1. The van der Waals surface area contributed by atoms with Crippen LogP contribution in [0, 0.1) is 19.8 Å². The summed E-state index contributed by atoms with van der Waals surface area (Å²) in [6.45, 7) is 10.5. The number of aromatic nitrogens is 1. The van der Waals surface area contributed by atoms with Crippen LogP contribution in [0.25, 0.3) is 33.3 Å². The third-order valence-corrected chi connectivity index (χ3v) is 7.50. The van der Waals surface area contributed by atoms with E-state index >= 15 is 0 Å². The van der Waals surface area contributed by atoms with Crippen molar-refractivity contribution in [3.05, 3.63) is 83.9 Å². The summed E-state index contributed by atoms with van der Waals surface area (Å²) < 4.78 is 2.40. The van der Waals surface area contributed by atoms with E-state index in [1.165, 1.54) is 70.3 Å². The summed E-state index contributed by atoms with van der Waals surface area (Å²) >= 11 is 0. The minimum atomic E-state index is -0.384. The highest BCUT2D eigenvalue weighted by atomic mass is 16.3. The number of piperidine rings is 1. The predicted octanol–water partition coefficient (Wildman–Crippen LogP) is 5.27. The van der Waals surface area contributed by atoms with Crippen LogP contribution in [0.1, 0.15) is 30.9 Å². The van der Waals surface area contributed by atoms with Crippen LogP contribution in [0.4, 0.5) is 0 Å². The molecular formula is C31H37N2O+. The van der Waals surface area contributed by atoms with Gasteiger partial charge < -0.3 is 14.6 Å². The van der Waals surface area contributed by atoms with E-state index in [-0.39, 0.29) is 6.10 Å². The number of hydrogen-bond acceptors (Lipinski definition) is 1. The zero-order chi connectivity index (χ0) is 23.7. The first kappa shape index (κ1) is 22.9. The number of likely N-dealkylation sites (tertiary alicyclic amines) is 1. The quantitative estimate of drug-likeness (QED) is 0.409. The molecular weight excluding hydrogens is 416 g/mol. The second-order valence-electron chi connectivity index (χ2n) is 10.3. The fourth-order valence-electron chi connectivity index (χ4n) is 5.84. The first-order valence-corrected chi connectivity index (χ1v) is 12.8. The molecule has 3 aromatic carbocycles. The van der Waals surface area contributed by atoms with Crippen LogP contribution in [-0.4, -0.2) is 35.4 Å². The molecule has 1 saturated heterocycles. The van der Waals surface area contributed by atoms with E-state index in [1.54, 1.807) is 4.90 Å². The Morgan fingerprint density at radius 2 is 1.53 bits per heavy atom. The van der Waals surface area contributed by atoms with E-state index in [0.717, 1.165) is 12.5 Å². The highest BCUT2D eigenvalue weighted by Gasteiger charge is 2.26. The number of benzene rings is 3. The van der Waals surface area contributed by atoms with Crippen molar-refractivity contribution in [2.45, 2.75) is 46.3 Å². The van der Waals surface area contributed by atoms with Gasteiger partial charge in [-0.05, 0) is 55.4 Å². The summed E-state index contributed by atoms with van der Waals surface area (Å²) in [5.41, 5.74) is 8.66. The maximum Gasteiger partial charge on any atom is 0.121 e. The molecule has 0 unspecified atom stereocenters. The summed E-state index contributed by atoms with van der Waals surface area (Å²) in [6.07, 6.45) is 2.14. The number of nitrogens with zero attached hydrogens (tertiary/aromatic N) is 1. The minimum absolute atomic E-state index is 0.384. The Hall–Kier alpha value is -2.88. The molecule has 1 aromatic heterocycles. The number of quaternary nitrogens is 1. The van der Waals surface area contributed by atoms with E-state index in [4.69, 9.17) is 0 Å². The van der Waals surface area contributed by atoms with Crippen molar-refractivity contribution in [1.82, 2.24) is 4.57 Å². The lowest BCUT2D eigenvalue weighted by Crippen LogP contribution is -3.14. The normalized spacial score (nSPS) is 19.4. The monoisotopic (exact) mass is 453 g/mol. The number of hydrogen-bond donors (Lipinski definition) is 2. The van der Waals surface area contributed by atoms with Gasteiger partial charge in [-0.25, -0.2) is 0 Å². The number of aryl methyl sites for hydroxylation is 2. The highest BCUT2D eigenvalue weighted by molar-refractivity contribution is 6.06. The van der Waals surface area contributed by atoms with Gasteiger partial charge in [0.1, 0.15) is 12.6 Å². The van der Waals surface area contributed by atoms with Crippen LogP contribution in [0.5, 0.6) is 0 Å². The number of fused-ring (bicyclic) bond motifs is 1. The molecule has 0 radical (unpaired) electrons. The third kappa shape index (κ3) is 4.55. The molecule has 3 heteroatoms. The van der Waals surface area contributed by atoms with Gasteiger partial charge in [0.25, 0.3) is 0 Å². The molecule has 34 heavy (non-hydrogen) atoms. The molecule has 5 rings (SSSR count). The Morgan fingerprint density at radius 3 is 2.18 bits per heavy atom. The molecule has 0 aliphatic carbocycles. The Bertz CT molecular complexity index is 1250. The Morgan fingerprint density at radius 1 is 0.912 bits per heavy atom. The lowest BCUT2D eigenvalue weighted by Gasteiger charge is -2.29. The summed E-state index contributed by atoms with van der Waals surface area (Å²) in [6, 6.07) is 26.0. The molecule has 1 atom stereocenters. The van der Waals surface area contributed by atoms with Gasteiger partial charge in [0.2, 0.25) is 0 Å². The van der Waals surface area contributed by atoms with Crippen molar-refractivity contribution in [2.75, 3.05) is 19.6 Å². The molecule has 0 bridgehead atoms. The molecule has 4 aromatic rings. The Kier molecular flexibility index (Phi) is 6.58. The van der Waals surface area contributed by atoms with Crippen molar-refractivity contribution in [1.29, 1.82) is 0 Å². The van der Waals surface area contributed by atoms with Gasteiger partial charge in [-0.2, -0.15) is 0 Å². The zero-order valence-corrected chi connectivity index (χ0v) is 20.7. The molecule has 2 heterocycles. The first-order chi connectivity index (χ1) is 16.5. The van der Waals surface area contributed by atoms with Gasteiger partial charge in [-0.15, -0.1) is 0 Å². The fourth-order valence-corrected chi connectivity index (χ4v) is 5.84. The lowest BCUT2D eigenvalue weighted by atomic mass is 9.97. The van der Waals surface area contributed by atoms with Crippen LogP contribution >= 0.6 is 0 Å².